The zero-order chi connectivity index (χ0) is 13.6. The van der Waals surface area contributed by atoms with Crippen molar-refractivity contribution in [3.63, 3.8) is 0 Å². The van der Waals surface area contributed by atoms with Gasteiger partial charge in [0, 0.05) is 19.0 Å². The van der Waals surface area contributed by atoms with Gasteiger partial charge in [-0.3, -0.25) is 9.59 Å². The van der Waals surface area contributed by atoms with E-state index in [1.54, 1.807) is 17.1 Å². The molecule has 1 saturated heterocycles. The maximum absolute atomic E-state index is 12.7. The molecule has 2 bridgehead atoms. The van der Waals surface area contributed by atoms with E-state index >= 15 is 0 Å². The first-order valence-electron chi connectivity index (χ1n) is 6.88. The summed E-state index contributed by atoms with van der Waals surface area (Å²) in [6.45, 7) is 8.37. The smallest absolute Gasteiger partial charge is 0.310 e. The Balaban J connectivity index is 1.81. The van der Waals surface area contributed by atoms with Crippen molar-refractivity contribution in [1.82, 2.24) is 4.90 Å². The zero-order valence-electron chi connectivity index (χ0n) is 11.0. The van der Waals surface area contributed by atoms with Crippen LogP contribution in [0, 0.1) is 23.7 Å². The lowest BCUT2D eigenvalue weighted by Gasteiger charge is -2.29. The summed E-state index contributed by atoms with van der Waals surface area (Å²) < 4.78 is 5.37. The number of nitrogens with zero attached hydrogens (tertiary/aromatic N) is 1. The van der Waals surface area contributed by atoms with Crippen molar-refractivity contribution in [2.24, 2.45) is 23.7 Å². The van der Waals surface area contributed by atoms with Gasteiger partial charge in [0.15, 0.2) is 0 Å². The molecule has 3 aliphatic rings. The third-order valence-electron chi connectivity index (χ3n) is 4.78. The first kappa shape index (κ1) is 12.5. The van der Waals surface area contributed by atoms with Crippen molar-refractivity contribution >= 4 is 11.9 Å². The number of fused-ring (bicyclic) bond motifs is 1. The van der Waals surface area contributed by atoms with E-state index in [1.165, 1.54) is 0 Å². The number of carbonyl (C=O) groups is 2. The highest BCUT2D eigenvalue weighted by Gasteiger charge is 2.64. The van der Waals surface area contributed by atoms with Gasteiger partial charge in [0.25, 0.3) is 0 Å². The van der Waals surface area contributed by atoms with E-state index in [4.69, 9.17) is 4.74 Å². The molecule has 4 nitrogen and oxygen atoms in total. The van der Waals surface area contributed by atoms with Crippen LogP contribution >= 0.6 is 0 Å². The highest BCUT2D eigenvalue weighted by Crippen LogP contribution is 2.58. The number of hydrogen-bond donors (Lipinski definition) is 0. The van der Waals surface area contributed by atoms with Crippen molar-refractivity contribution in [3.8, 4) is 0 Å². The van der Waals surface area contributed by atoms with Crippen LogP contribution in [0.2, 0.25) is 0 Å². The summed E-state index contributed by atoms with van der Waals surface area (Å²) in [5.41, 5.74) is 0. The molecule has 0 aromatic heterocycles. The lowest BCUT2D eigenvalue weighted by molar-refractivity contribution is -0.148. The van der Waals surface area contributed by atoms with Gasteiger partial charge in [0.2, 0.25) is 5.91 Å². The Morgan fingerprint density at radius 2 is 2.00 bits per heavy atom. The third kappa shape index (κ3) is 1.73. The molecule has 2 saturated carbocycles. The fourth-order valence-electron chi connectivity index (χ4n) is 4.12. The van der Waals surface area contributed by atoms with Gasteiger partial charge >= 0.3 is 5.97 Å². The molecule has 4 heteroatoms. The van der Waals surface area contributed by atoms with Gasteiger partial charge in [-0.15, -0.1) is 13.2 Å². The van der Waals surface area contributed by atoms with E-state index < -0.39 is 0 Å². The monoisotopic (exact) mass is 261 g/mol. The standard InChI is InChI=1S/C15H19NO3/c1-3-5-16(6-4-2)14(17)12-9-7-10-11(8-9)19-15(18)13(10)12/h3-4,9-13H,1-2,5-8H2. The third-order valence-corrected chi connectivity index (χ3v) is 4.78. The van der Waals surface area contributed by atoms with Gasteiger partial charge in [-0.1, -0.05) is 12.2 Å². The van der Waals surface area contributed by atoms with Crippen molar-refractivity contribution in [3.05, 3.63) is 25.3 Å². The summed E-state index contributed by atoms with van der Waals surface area (Å²) in [6.07, 6.45) is 5.33. The Morgan fingerprint density at radius 1 is 1.32 bits per heavy atom. The normalized spacial score (nSPS) is 38.1. The summed E-state index contributed by atoms with van der Waals surface area (Å²) >= 11 is 0. The van der Waals surface area contributed by atoms with E-state index in [1.807, 2.05) is 0 Å². The topological polar surface area (TPSA) is 46.6 Å². The second-order valence-electron chi connectivity index (χ2n) is 5.74. The SMILES string of the molecule is C=CCN(CC=C)C(=O)C1C2CC3OC(=O)C1C3C2. The highest BCUT2D eigenvalue weighted by atomic mass is 16.6. The van der Waals surface area contributed by atoms with Crippen LogP contribution < -0.4 is 0 Å². The molecule has 0 aromatic rings. The summed E-state index contributed by atoms with van der Waals surface area (Å²) in [5.74, 6) is 0.112. The average Bonchev–Trinajstić information content (AvgIpc) is 2.98. The van der Waals surface area contributed by atoms with Crippen molar-refractivity contribution in [2.45, 2.75) is 18.9 Å². The van der Waals surface area contributed by atoms with Crippen LogP contribution in [-0.2, 0) is 14.3 Å². The van der Waals surface area contributed by atoms with E-state index in [0.717, 1.165) is 12.8 Å². The van der Waals surface area contributed by atoms with Crippen molar-refractivity contribution in [1.29, 1.82) is 0 Å². The molecule has 2 aliphatic carbocycles. The van der Waals surface area contributed by atoms with Gasteiger partial charge < -0.3 is 9.64 Å². The van der Waals surface area contributed by atoms with Crippen LogP contribution in [-0.4, -0.2) is 36.0 Å². The van der Waals surface area contributed by atoms with Crippen molar-refractivity contribution < 1.29 is 14.3 Å². The molecule has 19 heavy (non-hydrogen) atoms. The van der Waals surface area contributed by atoms with E-state index in [-0.39, 0.29) is 35.7 Å². The Kier molecular flexibility index (Phi) is 2.96. The van der Waals surface area contributed by atoms with Gasteiger partial charge in [0.1, 0.15) is 6.10 Å². The molecule has 5 atom stereocenters. The van der Waals surface area contributed by atoms with E-state index in [2.05, 4.69) is 13.2 Å². The molecular weight excluding hydrogens is 242 g/mol. The van der Waals surface area contributed by atoms with Crippen LogP contribution in [0.15, 0.2) is 25.3 Å². The number of hydrogen-bond acceptors (Lipinski definition) is 3. The molecule has 0 aromatic carbocycles. The highest BCUT2D eigenvalue weighted by molar-refractivity contribution is 5.88. The summed E-state index contributed by atoms with van der Waals surface area (Å²) in [5, 5.41) is 0. The number of rotatable bonds is 5. The lowest BCUT2D eigenvalue weighted by Crippen LogP contribution is -2.42. The van der Waals surface area contributed by atoms with Gasteiger partial charge in [-0.25, -0.2) is 0 Å². The first-order valence-corrected chi connectivity index (χ1v) is 6.88. The molecule has 0 N–H and O–H groups in total. The Labute approximate surface area is 113 Å². The second-order valence-corrected chi connectivity index (χ2v) is 5.74. The Bertz CT molecular complexity index is 433. The lowest BCUT2D eigenvalue weighted by atomic mass is 9.79. The maximum atomic E-state index is 12.7. The fourth-order valence-corrected chi connectivity index (χ4v) is 4.12. The predicted octanol–water partition coefficient (Wildman–Crippen LogP) is 1.38. The zero-order valence-corrected chi connectivity index (χ0v) is 11.0. The van der Waals surface area contributed by atoms with Crippen LogP contribution in [0.3, 0.4) is 0 Å². The van der Waals surface area contributed by atoms with E-state index in [9.17, 15) is 9.59 Å². The first-order chi connectivity index (χ1) is 9.17. The molecule has 3 fully saturated rings. The number of amides is 1. The maximum Gasteiger partial charge on any atom is 0.310 e. The van der Waals surface area contributed by atoms with Crippen LogP contribution in [0.5, 0.6) is 0 Å². The van der Waals surface area contributed by atoms with Gasteiger partial charge in [-0.2, -0.15) is 0 Å². The molecule has 102 valence electrons. The molecule has 1 heterocycles. The predicted molar refractivity (Wildman–Crippen MR) is 70.0 cm³/mol. The molecule has 0 spiro atoms. The average molecular weight is 261 g/mol. The van der Waals surface area contributed by atoms with E-state index in [0.29, 0.717) is 19.0 Å². The molecule has 3 rings (SSSR count). The molecular formula is C15H19NO3. The number of esters is 1. The van der Waals surface area contributed by atoms with Crippen LogP contribution in [0.25, 0.3) is 0 Å². The minimum Gasteiger partial charge on any atom is -0.462 e. The fraction of sp³-hybridized carbons (Fsp3) is 0.600. The van der Waals surface area contributed by atoms with Crippen LogP contribution in [0.1, 0.15) is 12.8 Å². The van der Waals surface area contributed by atoms with Crippen LogP contribution in [0.4, 0.5) is 0 Å². The summed E-state index contributed by atoms with van der Waals surface area (Å²) in [4.78, 5) is 26.3. The second kappa shape index (κ2) is 4.51. The molecule has 1 amide bonds. The molecule has 0 radical (unpaired) electrons. The largest absolute Gasteiger partial charge is 0.462 e. The Hall–Kier alpha value is -1.58. The van der Waals surface area contributed by atoms with Crippen molar-refractivity contribution in [2.75, 3.05) is 13.1 Å². The minimum absolute atomic E-state index is 0.0644. The Morgan fingerprint density at radius 3 is 2.63 bits per heavy atom. The quantitative estimate of drug-likeness (QED) is 0.555. The summed E-state index contributed by atoms with van der Waals surface area (Å²) in [7, 11) is 0. The molecule has 1 aliphatic heterocycles. The van der Waals surface area contributed by atoms with Gasteiger partial charge in [-0.05, 0) is 18.8 Å². The summed E-state index contributed by atoms with van der Waals surface area (Å²) in [6, 6.07) is 0. The number of ether oxygens (including phenoxy) is 1. The minimum atomic E-state index is -0.201. The van der Waals surface area contributed by atoms with Gasteiger partial charge in [0.05, 0.1) is 11.8 Å². The number of carbonyl (C=O) groups excluding carboxylic acids is 2. The molecule has 5 unspecified atom stereocenters.